The molecule has 1 aromatic heterocycles. The van der Waals surface area contributed by atoms with E-state index in [0.29, 0.717) is 18.0 Å². The highest BCUT2D eigenvalue weighted by Crippen LogP contribution is 2.19. The molecule has 1 heterocycles. The fourth-order valence-electron chi connectivity index (χ4n) is 2.30. The second kappa shape index (κ2) is 6.79. The number of hydrogen-bond donors (Lipinski definition) is 0. The Balaban J connectivity index is 1.65. The average Bonchev–Trinajstić information content (AvgIpc) is 3.03. The van der Waals surface area contributed by atoms with Crippen molar-refractivity contribution in [1.29, 1.82) is 0 Å². The maximum Gasteiger partial charge on any atom is 0.226 e. The first-order chi connectivity index (χ1) is 11.1. The molecule has 3 rings (SSSR count). The molecule has 0 aliphatic heterocycles. The smallest absolute Gasteiger partial charge is 0.226 e. The van der Waals surface area contributed by atoms with Crippen LogP contribution in [0.1, 0.15) is 11.3 Å². The van der Waals surface area contributed by atoms with Gasteiger partial charge < -0.3 is 4.42 Å². The Hall–Kier alpha value is -2.40. The molecule has 3 aromatic rings. The summed E-state index contributed by atoms with van der Waals surface area (Å²) in [6.07, 6.45) is 1.93. The molecule has 5 heteroatoms. The topological polar surface area (TPSA) is 60.2 Å². The lowest BCUT2D eigenvalue weighted by Crippen LogP contribution is -2.11. The van der Waals surface area contributed by atoms with Gasteiger partial charge in [-0.25, -0.2) is 13.4 Å². The minimum absolute atomic E-state index is 0.101. The molecule has 2 aromatic carbocycles. The Bertz CT molecular complexity index is 856. The van der Waals surface area contributed by atoms with E-state index in [-0.39, 0.29) is 11.5 Å². The van der Waals surface area contributed by atoms with Gasteiger partial charge in [-0.05, 0) is 24.1 Å². The highest BCUT2D eigenvalue weighted by atomic mass is 32.2. The third-order valence-electron chi connectivity index (χ3n) is 3.48. The van der Waals surface area contributed by atoms with Crippen LogP contribution in [0.3, 0.4) is 0 Å². The van der Waals surface area contributed by atoms with E-state index < -0.39 is 9.84 Å². The van der Waals surface area contributed by atoms with Crippen molar-refractivity contribution in [2.45, 2.75) is 12.2 Å². The van der Waals surface area contributed by atoms with Crippen molar-refractivity contribution in [3.05, 3.63) is 78.2 Å². The Kier molecular flexibility index (Phi) is 4.57. The van der Waals surface area contributed by atoms with Crippen LogP contribution in [0, 0.1) is 0 Å². The molecule has 4 nitrogen and oxygen atoms in total. The fraction of sp³-hybridized carbons (Fsp3) is 0.167. The Morgan fingerprint density at radius 1 is 0.913 bits per heavy atom. The lowest BCUT2D eigenvalue weighted by molar-refractivity contribution is 0.571. The Morgan fingerprint density at radius 2 is 1.57 bits per heavy atom. The normalized spacial score (nSPS) is 11.5. The molecule has 0 aliphatic rings. The number of hydrogen-bond acceptors (Lipinski definition) is 4. The molecule has 0 fully saturated rings. The summed E-state index contributed by atoms with van der Waals surface area (Å²) in [5.74, 6) is 0.444. The first kappa shape index (κ1) is 15.5. The monoisotopic (exact) mass is 327 g/mol. The number of sulfone groups is 1. The molecule has 0 unspecified atom stereocenters. The van der Waals surface area contributed by atoms with E-state index in [1.165, 1.54) is 6.26 Å². The second-order valence-corrected chi connectivity index (χ2v) is 7.52. The van der Waals surface area contributed by atoms with E-state index in [1.54, 1.807) is 0 Å². The lowest BCUT2D eigenvalue weighted by Gasteiger charge is -2.02. The summed E-state index contributed by atoms with van der Waals surface area (Å²) in [6, 6.07) is 19.0. The molecule has 118 valence electrons. The third-order valence-corrected chi connectivity index (χ3v) is 5.05. The van der Waals surface area contributed by atoms with Crippen molar-refractivity contribution in [3.8, 4) is 11.5 Å². The standard InChI is InChI=1S/C18H17NO3S/c20-23(21,12-11-15-7-3-1-4-8-15)14-17-13-22-18(19-17)16-9-5-2-6-10-16/h1-10,13H,11-12,14H2. The van der Waals surface area contributed by atoms with E-state index in [1.807, 2.05) is 60.7 Å². The maximum absolute atomic E-state index is 12.2. The van der Waals surface area contributed by atoms with Gasteiger partial charge in [-0.1, -0.05) is 48.5 Å². The first-order valence-corrected chi connectivity index (χ1v) is 9.19. The number of aromatic nitrogens is 1. The van der Waals surface area contributed by atoms with E-state index >= 15 is 0 Å². The Labute approximate surface area is 135 Å². The number of nitrogens with zero attached hydrogens (tertiary/aromatic N) is 1. The SMILES string of the molecule is O=S(=O)(CCc1ccccc1)Cc1coc(-c2ccccc2)n1. The van der Waals surface area contributed by atoms with Crippen LogP contribution in [-0.2, 0) is 22.0 Å². The summed E-state index contributed by atoms with van der Waals surface area (Å²) in [4.78, 5) is 4.27. The van der Waals surface area contributed by atoms with Crippen LogP contribution in [0.25, 0.3) is 11.5 Å². The number of rotatable bonds is 6. The molecular formula is C18H17NO3S. The molecule has 0 saturated carbocycles. The third kappa shape index (κ3) is 4.29. The van der Waals surface area contributed by atoms with Gasteiger partial charge in [-0.15, -0.1) is 0 Å². The van der Waals surface area contributed by atoms with Gasteiger partial charge in [-0.3, -0.25) is 0 Å². The van der Waals surface area contributed by atoms with Crippen molar-refractivity contribution in [2.24, 2.45) is 0 Å². The zero-order valence-electron chi connectivity index (χ0n) is 12.6. The van der Waals surface area contributed by atoms with Gasteiger partial charge in [0.05, 0.1) is 17.2 Å². The van der Waals surface area contributed by atoms with Gasteiger partial charge in [-0.2, -0.15) is 0 Å². The van der Waals surface area contributed by atoms with Gasteiger partial charge in [0.2, 0.25) is 5.89 Å². The molecule has 0 aliphatic carbocycles. The fourth-order valence-corrected chi connectivity index (χ4v) is 3.58. The van der Waals surface area contributed by atoms with E-state index in [2.05, 4.69) is 4.98 Å². The highest BCUT2D eigenvalue weighted by molar-refractivity contribution is 7.90. The van der Waals surface area contributed by atoms with Crippen molar-refractivity contribution < 1.29 is 12.8 Å². The molecular weight excluding hydrogens is 310 g/mol. The van der Waals surface area contributed by atoms with E-state index in [9.17, 15) is 8.42 Å². The molecule has 0 N–H and O–H groups in total. The molecule has 0 spiro atoms. The van der Waals surface area contributed by atoms with Crippen LogP contribution >= 0.6 is 0 Å². The minimum atomic E-state index is -3.22. The van der Waals surface area contributed by atoms with Crippen LogP contribution in [0.2, 0.25) is 0 Å². The van der Waals surface area contributed by atoms with Crippen molar-refractivity contribution >= 4 is 9.84 Å². The lowest BCUT2D eigenvalue weighted by atomic mass is 10.2. The average molecular weight is 327 g/mol. The van der Waals surface area contributed by atoms with Crippen LogP contribution in [0.15, 0.2) is 71.3 Å². The quantitative estimate of drug-likeness (QED) is 0.695. The van der Waals surface area contributed by atoms with Gasteiger partial charge >= 0.3 is 0 Å². The summed E-state index contributed by atoms with van der Waals surface area (Å²) in [5, 5.41) is 0. The van der Waals surface area contributed by atoms with Crippen LogP contribution < -0.4 is 0 Å². The molecule has 23 heavy (non-hydrogen) atoms. The predicted octanol–water partition coefficient (Wildman–Crippen LogP) is 3.50. The van der Waals surface area contributed by atoms with Crippen molar-refractivity contribution in [3.63, 3.8) is 0 Å². The molecule has 0 bridgehead atoms. The van der Waals surface area contributed by atoms with E-state index in [4.69, 9.17) is 4.42 Å². The second-order valence-electron chi connectivity index (χ2n) is 5.34. The summed E-state index contributed by atoms with van der Waals surface area (Å²) >= 11 is 0. The van der Waals surface area contributed by atoms with E-state index in [0.717, 1.165) is 11.1 Å². The molecule has 0 atom stereocenters. The first-order valence-electron chi connectivity index (χ1n) is 7.36. The molecule has 0 amide bonds. The zero-order chi connectivity index (χ0) is 16.1. The summed E-state index contributed by atoms with van der Waals surface area (Å²) in [6.45, 7) is 0. The van der Waals surface area contributed by atoms with Crippen LogP contribution in [0.4, 0.5) is 0 Å². The van der Waals surface area contributed by atoms with Gasteiger partial charge in [0.25, 0.3) is 0 Å². The largest absolute Gasteiger partial charge is 0.444 e. The van der Waals surface area contributed by atoms with Crippen molar-refractivity contribution in [2.75, 3.05) is 5.75 Å². The van der Waals surface area contributed by atoms with Crippen molar-refractivity contribution in [1.82, 2.24) is 4.98 Å². The minimum Gasteiger partial charge on any atom is -0.444 e. The zero-order valence-corrected chi connectivity index (χ0v) is 13.4. The van der Waals surface area contributed by atoms with Crippen LogP contribution in [-0.4, -0.2) is 19.2 Å². The number of aryl methyl sites for hydroxylation is 1. The number of benzene rings is 2. The maximum atomic E-state index is 12.2. The summed E-state index contributed by atoms with van der Waals surface area (Å²) in [7, 11) is -3.22. The van der Waals surface area contributed by atoms with Gasteiger partial charge in [0.1, 0.15) is 6.26 Å². The van der Waals surface area contributed by atoms with Gasteiger partial charge in [0, 0.05) is 5.56 Å². The summed E-state index contributed by atoms with van der Waals surface area (Å²) in [5.41, 5.74) is 2.29. The van der Waals surface area contributed by atoms with Crippen LogP contribution in [0.5, 0.6) is 0 Å². The Morgan fingerprint density at radius 3 is 2.26 bits per heavy atom. The molecule has 0 saturated heterocycles. The van der Waals surface area contributed by atoms with Gasteiger partial charge in [0.15, 0.2) is 9.84 Å². The summed E-state index contributed by atoms with van der Waals surface area (Å²) < 4.78 is 29.9. The number of oxazole rings is 1. The highest BCUT2D eigenvalue weighted by Gasteiger charge is 2.16. The predicted molar refractivity (Wildman–Crippen MR) is 89.6 cm³/mol. The molecule has 0 radical (unpaired) electrons.